The second-order valence-electron chi connectivity index (χ2n) is 3.56. The van der Waals surface area contributed by atoms with E-state index in [1.165, 1.54) is 0 Å². The van der Waals surface area contributed by atoms with Crippen LogP contribution in [-0.4, -0.2) is 26.2 Å². The number of ether oxygens (including phenoxy) is 2. The lowest BCUT2D eigenvalue weighted by Crippen LogP contribution is -2.33. The monoisotopic (exact) mass is 238 g/mol. The fraction of sp³-hybridized carbons (Fsp3) is 0.417. The van der Waals surface area contributed by atoms with Gasteiger partial charge in [0.05, 0.1) is 7.11 Å². The van der Waals surface area contributed by atoms with E-state index < -0.39 is 6.10 Å². The van der Waals surface area contributed by atoms with Crippen LogP contribution in [0.1, 0.15) is 12.5 Å². The highest BCUT2D eigenvalue weighted by Gasteiger charge is 2.15. The van der Waals surface area contributed by atoms with Gasteiger partial charge in [0, 0.05) is 13.6 Å². The SMILES string of the molecule is CNC(=O)C(C)Oc1ccc(CN)cc1OC. The highest BCUT2D eigenvalue weighted by atomic mass is 16.5. The van der Waals surface area contributed by atoms with Gasteiger partial charge < -0.3 is 20.5 Å². The van der Waals surface area contributed by atoms with Crippen LogP contribution < -0.4 is 20.5 Å². The predicted octanol–water partition coefficient (Wildman–Crippen LogP) is 0.667. The van der Waals surface area contributed by atoms with Crippen LogP contribution in [0.5, 0.6) is 11.5 Å². The van der Waals surface area contributed by atoms with Gasteiger partial charge in [-0.15, -0.1) is 0 Å². The van der Waals surface area contributed by atoms with E-state index in [-0.39, 0.29) is 5.91 Å². The summed E-state index contributed by atoms with van der Waals surface area (Å²) in [6.07, 6.45) is -0.572. The minimum Gasteiger partial charge on any atom is -0.493 e. The van der Waals surface area contributed by atoms with Crippen LogP contribution in [0, 0.1) is 0 Å². The second-order valence-corrected chi connectivity index (χ2v) is 3.56. The summed E-state index contributed by atoms with van der Waals surface area (Å²) in [5, 5.41) is 2.52. The molecule has 0 aromatic heterocycles. The molecule has 1 amide bonds. The summed E-state index contributed by atoms with van der Waals surface area (Å²) in [6, 6.07) is 5.39. The number of carbonyl (C=O) groups excluding carboxylic acids is 1. The standard InChI is InChI=1S/C12H18N2O3/c1-8(12(15)14-2)17-10-5-4-9(7-13)6-11(10)16-3/h4-6,8H,7,13H2,1-3H3,(H,14,15). The molecule has 0 radical (unpaired) electrons. The molecule has 17 heavy (non-hydrogen) atoms. The van der Waals surface area contributed by atoms with Gasteiger partial charge in [-0.05, 0) is 24.6 Å². The van der Waals surface area contributed by atoms with Gasteiger partial charge in [0.1, 0.15) is 0 Å². The molecule has 0 heterocycles. The molecule has 0 aliphatic heterocycles. The lowest BCUT2D eigenvalue weighted by atomic mass is 10.2. The highest BCUT2D eigenvalue weighted by molar-refractivity contribution is 5.80. The van der Waals surface area contributed by atoms with Crippen molar-refractivity contribution in [1.29, 1.82) is 0 Å². The number of benzene rings is 1. The molecule has 1 aromatic carbocycles. The molecule has 3 N–H and O–H groups in total. The molecule has 1 atom stereocenters. The van der Waals surface area contributed by atoms with E-state index in [1.54, 1.807) is 33.2 Å². The Morgan fingerprint density at radius 3 is 2.71 bits per heavy atom. The fourth-order valence-corrected chi connectivity index (χ4v) is 1.38. The Morgan fingerprint density at radius 1 is 1.47 bits per heavy atom. The summed E-state index contributed by atoms with van der Waals surface area (Å²) in [5.41, 5.74) is 6.48. The maximum Gasteiger partial charge on any atom is 0.260 e. The largest absolute Gasteiger partial charge is 0.493 e. The Balaban J connectivity index is 2.87. The molecule has 0 bridgehead atoms. The number of hydrogen-bond acceptors (Lipinski definition) is 4. The van der Waals surface area contributed by atoms with E-state index in [0.717, 1.165) is 5.56 Å². The first-order valence-electron chi connectivity index (χ1n) is 5.37. The summed E-state index contributed by atoms with van der Waals surface area (Å²) in [7, 11) is 3.12. The number of carbonyl (C=O) groups is 1. The zero-order valence-electron chi connectivity index (χ0n) is 10.3. The molecule has 5 nitrogen and oxygen atoms in total. The summed E-state index contributed by atoms with van der Waals surface area (Å²) in [4.78, 5) is 11.3. The van der Waals surface area contributed by atoms with Gasteiger partial charge >= 0.3 is 0 Å². The smallest absolute Gasteiger partial charge is 0.260 e. The molecular formula is C12H18N2O3. The van der Waals surface area contributed by atoms with Gasteiger partial charge in [-0.25, -0.2) is 0 Å². The molecule has 94 valence electrons. The predicted molar refractivity (Wildman–Crippen MR) is 65.0 cm³/mol. The molecule has 0 saturated carbocycles. The van der Waals surface area contributed by atoms with Gasteiger partial charge in [0.2, 0.25) is 0 Å². The van der Waals surface area contributed by atoms with Crippen LogP contribution in [0.4, 0.5) is 0 Å². The van der Waals surface area contributed by atoms with E-state index >= 15 is 0 Å². The summed E-state index contributed by atoms with van der Waals surface area (Å²) >= 11 is 0. The first kappa shape index (κ1) is 13.3. The number of hydrogen-bond donors (Lipinski definition) is 2. The average molecular weight is 238 g/mol. The van der Waals surface area contributed by atoms with E-state index in [0.29, 0.717) is 18.0 Å². The zero-order valence-corrected chi connectivity index (χ0v) is 10.3. The van der Waals surface area contributed by atoms with Gasteiger partial charge in [0.25, 0.3) is 5.91 Å². The second kappa shape index (κ2) is 6.10. The Hall–Kier alpha value is -1.75. The summed E-state index contributed by atoms with van der Waals surface area (Å²) < 4.78 is 10.7. The van der Waals surface area contributed by atoms with Gasteiger partial charge in [0.15, 0.2) is 17.6 Å². The van der Waals surface area contributed by atoms with Crippen molar-refractivity contribution in [2.45, 2.75) is 19.6 Å². The molecule has 1 aromatic rings. The maximum atomic E-state index is 11.3. The first-order chi connectivity index (χ1) is 8.12. The topological polar surface area (TPSA) is 73.6 Å². The number of likely N-dealkylation sites (N-methyl/N-ethyl adjacent to an activating group) is 1. The summed E-state index contributed by atoms with van der Waals surface area (Å²) in [6.45, 7) is 2.11. The molecular weight excluding hydrogens is 220 g/mol. The van der Waals surface area contributed by atoms with Gasteiger partial charge in [-0.1, -0.05) is 6.07 Å². The maximum absolute atomic E-state index is 11.3. The highest BCUT2D eigenvalue weighted by Crippen LogP contribution is 2.28. The third-order valence-electron chi connectivity index (χ3n) is 2.38. The third kappa shape index (κ3) is 3.35. The van der Waals surface area contributed by atoms with Crippen LogP contribution in [-0.2, 0) is 11.3 Å². The quantitative estimate of drug-likeness (QED) is 0.790. The van der Waals surface area contributed by atoms with Crippen LogP contribution in [0.25, 0.3) is 0 Å². The molecule has 0 saturated heterocycles. The van der Waals surface area contributed by atoms with Crippen LogP contribution in [0.15, 0.2) is 18.2 Å². The fourth-order valence-electron chi connectivity index (χ4n) is 1.38. The van der Waals surface area contributed by atoms with Gasteiger partial charge in [-0.3, -0.25) is 4.79 Å². The van der Waals surface area contributed by atoms with E-state index in [2.05, 4.69) is 5.32 Å². The van der Waals surface area contributed by atoms with Crippen molar-refractivity contribution in [3.8, 4) is 11.5 Å². The number of nitrogens with one attached hydrogen (secondary N) is 1. The molecule has 0 spiro atoms. The minimum atomic E-state index is -0.572. The Morgan fingerprint density at radius 2 is 2.18 bits per heavy atom. The van der Waals surface area contributed by atoms with Crippen molar-refractivity contribution in [3.05, 3.63) is 23.8 Å². The first-order valence-corrected chi connectivity index (χ1v) is 5.37. The average Bonchev–Trinajstić information content (AvgIpc) is 2.37. The Bertz CT molecular complexity index is 393. The molecule has 0 fully saturated rings. The number of rotatable bonds is 5. The van der Waals surface area contributed by atoms with Crippen molar-refractivity contribution in [2.75, 3.05) is 14.2 Å². The zero-order chi connectivity index (χ0) is 12.8. The van der Waals surface area contributed by atoms with Crippen molar-refractivity contribution in [3.63, 3.8) is 0 Å². The van der Waals surface area contributed by atoms with E-state index in [4.69, 9.17) is 15.2 Å². The Kier molecular flexibility index (Phi) is 4.78. The summed E-state index contributed by atoms with van der Waals surface area (Å²) in [5.74, 6) is 0.916. The number of methoxy groups -OCH3 is 1. The van der Waals surface area contributed by atoms with Gasteiger partial charge in [-0.2, -0.15) is 0 Å². The van der Waals surface area contributed by atoms with Crippen LogP contribution in [0.2, 0.25) is 0 Å². The van der Waals surface area contributed by atoms with Crippen LogP contribution >= 0.6 is 0 Å². The minimum absolute atomic E-state index is 0.185. The van der Waals surface area contributed by atoms with Crippen molar-refractivity contribution >= 4 is 5.91 Å². The lowest BCUT2D eigenvalue weighted by molar-refractivity contribution is -0.126. The molecule has 1 rings (SSSR count). The molecule has 1 unspecified atom stereocenters. The van der Waals surface area contributed by atoms with Crippen molar-refractivity contribution in [2.24, 2.45) is 5.73 Å². The number of nitrogens with two attached hydrogens (primary N) is 1. The van der Waals surface area contributed by atoms with Crippen LogP contribution in [0.3, 0.4) is 0 Å². The van der Waals surface area contributed by atoms with E-state index in [9.17, 15) is 4.79 Å². The molecule has 0 aliphatic carbocycles. The lowest BCUT2D eigenvalue weighted by Gasteiger charge is -2.16. The van der Waals surface area contributed by atoms with Crippen molar-refractivity contribution in [1.82, 2.24) is 5.32 Å². The van der Waals surface area contributed by atoms with Crippen molar-refractivity contribution < 1.29 is 14.3 Å². The normalized spacial score (nSPS) is 11.8. The van der Waals surface area contributed by atoms with E-state index in [1.807, 2.05) is 6.07 Å². The molecule has 5 heteroatoms. The third-order valence-corrected chi connectivity index (χ3v) is 2.38. The molecule has 0 aliphatic rings. The number of amides is 1. The Labute approximate surface area is 101 Å².